The summed E-state index contributed by atoms with van der Waals surface area (Å²) in [5.74, 6) is -1.57. The molecule has 0 bridgehead atoms. The highest BCUT2D eigenvalue weighted by Crippen LogP contribution is 2.60. The molecule has 2 atom stereocenters. The van der Waals surface area contributed by atoms with Gasteiger partial charge in [0.05, 0.1) is 9.31 Å². The molecule has 1 fully saturated rings. The van der Waals surface area contributed by atoms with E-state index >= 15 is 0 Å². The Bertz CT molecular complexity index is 950. The third kappa shape index (κ3) is 4.23. The van der Waals surface area contributed by atoms with Gasteiger partial charge >= 0.3 is 5.97 Å². The van der Waals surface area contributed by atoms with E-state index in [2.05, 4.69) is 31.9 Å². The van der Waals surface area contributed by atoms with E-state index in [-0.39, 0.29) is 29.8 Å². The molecule has 148 valence electrons. The monoisotopic (exact) mass is 512 g/mol. The van der Waals surface area contributed by atoms with Crippen molar-refractivity contribution in [2.24, 2.45) is 17.3 Å². The van der Waals surface area contributed by atoms with E-state index in [0.29, 0.717) is 11.1 Å². The topological polar surface area (TPSA) is 26.3 Å². The summed E-state index contributed by atoms with van der Waals surface area (Å²) in [7, 11) is 0. The van der Waals surface area contributed by atoms with Crippen molar-refractivity contribution in [2.45, 2.75) is 27.4 Å². The number of esters is 1. The van der Waals surface area contributed by atoms with Gasteiger partial charge in [-0.05, 0) is 78.9 Å². The standard InChI is InChI=1S/C22H20Br2F2O2/c1-12-13(5-4-6-15(12)16-8-7-14(25)9-18(16)26)11-28-21(27)20-17(10-19(23)24)22(20,2)3/h4-10,17,20H,11H2,1-3H3. The first-order valence-corrected chi connectivity index (χ1v) is 10.4. The van der Waals surface area contributed by atoms with Gasteiger partial charge in [-0.2, -0.15) is 0 Å². The summed E-state index contributed by atoms with van der Waals surface area (Å²) in [6.45, 7) is 6.02. The number of carbonyl (C=O) groups is 1. The van der Waals surface area contributed by atoms with Gasteiger partial charge in [0, 0.05) is 11.6 Å². The fraction of sp³-hybridized carbons (Fsp3) is 0.318. The van der Waals surface area contributed by atoms with Crippen LogP contribution >= 0.6 is 31.9 Å². The molecule has 0 spiro atoms. The maximum atomic E-state index is 14.2. The zero-order chi connectivity index (χ0) is 20.6. The van der Waals surface area contributed by atoms with E-state index in [0.717, 1.165) is 20.6 Å². The lowest BCUT2D eigenvalue weighted by molar-refractivity contribution is -0.147. The average molecular weight is 514 g/mol. The molecule has 6 heteroatoms. The number of hydrogen-bond acceptors (Lipinski definition) is 2. The van der Waals surface area contributed by atoms with Crippen LogP contribution in [-0.2, 0) is 16.1 Å². The van der Waals surface area contributed by atoms with Crippen LogP contribution in [0, 0.1) is 35.8 Å². The molecule has 1 aliphatic rings. The van der Waals surface area contributed by atoms with Gasteiger partial charge in [0.1, 0.15) is 18.2 Å². The lowest BCUT2D eigenvalue weighted by atomic mass is 9.96. The van der Waals surface area contributed by atoms with Crippen molar-refractivity contribution >= 4 is 37.8 Å². The molecule has 0 amide bonds. The largest absolute Gasteiger partial charge is 0.461 e. The highest BCUT2D eigenvalue weighted by atomic mass is 79.9. The van der Waals surface area contributed by atoms with Crippen LogP contribution in [0.5, 0.6) is 0 Å². The van der Waals surface area contributed by atoms with E-state index in [4.69, 9.17) is 4.74 Å². The van der Waals surface area contributed by atoms with Gasteiger partial charge in [-0.1, -0.05) is 38.1 Å². The molecular weight excluding hydrogens is 494 g/mol. The Labute approximate surface area is 180 Å². The van der Waals surface area contributed by atoms with Crippen molar-refractivity contribution < 1.29 is 18.3 Å². The SMILES string of the molecule is Cc1c(COC(=O)C2C(C=C(Br)Br)C2(C)C)cccc1-c1ccc(F)cc1F. The summed E-state index contributed by atoms with van der Waals surface area (Å²) in [6, 6.07) is 8.92. The average Bonchev–Trinajstić information content (AvgIpc) is 3.13. The van der Waals surface area contributed by atoms with Gasteiger partial charge in [-0.25, -0.2) is 8.78 Å². The second-order valence-corrected chi connectivity index (χ2v) is 10.4. The molecule has 1 saturated carbocycles. The molecule has 0 aromatic heterocycles. The first-order chi connectivity index (χ1) is 13.1. The van der Waals surface area contributed by atoms with Crippen LogP contribution in [0.15, 0.2) is 45.9 Å². The van der Waals surface area contributed by atoms with Crippen LogP contribution < -0.4 is 0 Å². The molecule has 0 saturated heterocycles. The Balaban J connectivity index is 1.76. The Morgan fingerprint density at radius 1 is 1.18 bits per heavy atom. The number of allylic oxidation sites excluding steroid dienone is 1. The van der Waals surface area contributed by atoms with E-state index in [1.807, 2.05) is 32.9 Å². The van der Waals surface area contributed by atoms with E-state index in [1.54, 1.807) is 12.1 Å². The molecule has 0 heterocycles. The van der Waals surface area contributed by atoms with E-state index in [9.17, 15) is 13.6 Å². The first-order valence-electron chi connectivity index (χ1n) is 8.86. The van der Waals surface area contributed by atoms with Crippen LogP contribution in [0.2, 0.25) is 0 Å². The van der Waals surface area contributed by atoms with Gasteiger partial charge in [0.2, 0.25) is 0 Å². The van der Waals surface area contributed by atoms with Gasteiger partial charge in [0.25, 0.3) is 0 Å². The lowest BCUT2D eigenvalue weighted by Crippen LogP contribution is -2.11. The Morgan fingerprint density at radius 2 is 1.89 bits per heavy atom. The fourth-order valence-corrected chi connectivity index (χ4v) is 4.22. The summed E-state index contributed by atoms with van der Waals surface area (Å²) in [4.78, 5) is 12.6. The molecule has 0 radical (unpaired) electrons. The van der Waals surface area contributed by atoms with Crippen molar-refractivity contribution in [1.82, 2.24) is 0 Å². The summed E-state index contributed by atoms with van der Waals surface area (Å²) in [6.07, 6.45) is 1.97. The summed E-state index contributed by atoms with van der Waals surface area (Å²) >= 11 is 6.68. The Hall–Kier alpha value is -1.53. The zero-order valence-corrected chi connectivity index (χ0v) is 18.9. The normalized spacial score (nSPS) is 19.8. The van der Waals surface area contributed by atoms with Gasteiger partial charge in [0.15, 0.2) is 0 Å². The van der Waals surface area contributed by atoms with Crippen LogP contribution in [-0.4, -0.2) is 5.97 Å². The lowest BCUT2D eigenvalue weighted by Gasteiger charge is -2.13. The predicted molar refractivity (Wildman–Crippen MR) is 113 cm³/mol. The highest BCUT2D eigenvalue weighted by Gasteiger charge is 2.61. The van der Waals surface area contributed by atoms with Crippen molar-refractivity contribution in [2.75, 3.05) is 0 Å². The number of rotatable bonds is 5. The molecule has 0 aliphatic heterocycles. The fourth-order valence-electron chi connectivity index (χ4n) is 3.65. The molecule has 2 aromatic rings. The third-order valence-electron chi connectivity index (χ3n) is 5.51. The smallest absolute Gasteiger partial charge is 0.310 e. The number of hydrogen-bond donors (Lipinski definition) is 0. The summed E-state index contributed by atoms with van der Waals surface area (Å²) in [5, 5.41) is 0. The van der Waals surface area contributed by atoms with Crippen molar-refractivity contribution in [3.05, 3.63) is 68.6 Å². The molecule has 2 unspecified atom stereocenters. The zero-order valence-electron chi connectivity index (χ0n) is 15.7. The Morgan fingerprint density at radius 3 is 2.54 bits per heavy atom. The molecular formula is C22H20Br2F2O2. The maximum absolute atomic E-state index is 14.2. The molecule has 3 rings (SSSR count). The van der Waals surface area contributed by atoms with Gasteiger partial charge < -0.3 is 4.74 Å². The second-order valence-electron chi connectivity index (χ2n) is 7.60. The summed E-state index contributed by atoms with van der Waals surface area (Å²) in [5.41, 5.74) is 2.42. The highest BCUT2D eigenvalue weighted by molar-refractivity contribution is 9.28. The van der Waals surface area contributed by atoms with Crippen molar-refractivity contribution in [3.8, 4) is 11.1 Å². The molecule has 2 aromatic carbocycles. The maximum Gasteiger partial charge on any atom is 0.310 e. The minimum atomic E-state index is -0.619. The van der Waals surface area contributed by atoms with E-state index in [1.165, 1.54) is 12.1 Å². The van der Waals surface area contributed by atoms with Crippen molar-refractivity contribution in [3.63, 3.8) is 0 Å². The predicted octanol–water partition coefficient (Wildman–Crippen LogP) is 6.89. The number of carbonyl (C=O) groups excluding carboxylic acids is 1. The molecule has 28 heavy (non-hydrogen) atoms. The minimum absolute atomic E-state index is 0.106. The minimum Gasteiger partial charge on any atom is -0.461 e. The second kappa shape index (κ2) is 8.07. The molecule has 1 aliphatic carbocycles. The van der Waals surface area contributed by atoms with Crippen LogP contribution in [0.1, 0.15) is 25.0 Å². The molecule has 2 nitrogen and oxygen atoms in total. The quantitative estimate of drug-likeness (QED) is 0.407. The molecule has 0 N–H and O–H groups in total. The number of halogens is 4. The Kier molecular flexibility index (Phi) is 6.11. The van der Waals surface area contributed by atoms with Crippen LogP contribution in [0.25, 0.3) is 11.1 Å². The number of ether oxygens (including phenoxy) is 1. The number of benzene rings is 2. The third-order valence-corrected chi connectivity index (χ3v) is 6.04. The van der Waals surface area contributed by atoms with Crippen molar-refractivity contribution in [1.29, 1.82) is 0 Å². The van der Waals surface area contributed by atoms with Gasteiger partial charge in [-0.3, -0.25) is 4.79 Å². The van der Waals surface area contributed by atoms with Gasteiger partial charge in [-0.15, -0.1) is 0 Å². The summed E-state index contributed by atoms with van der Waals surface area (Å²) < 4.78 is 33.8. The van der Waals surface area contributed by atoms with E-state index < -0.39 is 11.6 Å². The van der Waals surface area contributed by atoms with Crippen LogP contribution in [0.4, 0.5) is 8.78 Å². The van der Waals surface area contributed by atoms with Crippen LogP contribution in [0.3, 0.4) is 0 Å². The first kappa shape index (κ1) is 21.2.